The van der Waals surface area contributed by atoms with E-state index in [4.69, 9.17) is 5.21 Å². The van der Waals surface area contributed by atoms with Gasteiger partial charge < -0.3 is 9.80 Å². The van der Waals surface area contributed by atoms with Crippen molar-refractivity contribution in [1.82, 2.24) is 15.3 Å². The Balaban J connectivity index is 1.47. The number of hydrogen-bond acceptors (Lipinski definition) is 4. The van der Waals surface area contributed by atoms with E-state index in [1.807, 2.05) is 35.2 Å². The van der Waals surface area contributed by atoms with E-state index >= 15 is 0 Å². The number of nitrogens with one attached hydrogen (secondary N) is 1. The van der Waals surface area contributed by atoms with E-state index in [2.05, 4.69) is 4.90 Å². The first kappa shape index (κ1) is 20.3. The maximum Gasteiger partial charge on any atom is 0.267 e. The molecule has 2 saturated heterocycles. The molecule has 0 aliphatic carbocycles. The van der Waals surface area contributed by atoms with Gasteiger partial charge >= 0.3 is 0 Å². The highest BCUT2D eigenvalue weighted by Crippen LogP contribution is 2.21. The number of carbonyl (C=O) groups is 2. The van der Waals surface area contributed by atoms with Crippen molar-refractivity contribution in [2.24, 2.45) is 0 Å². The minimum absolute atomic E-state index is 0.0701. The highest BCUT2D eigenvalue weighted by atomic mass is 16.5. The lowest BCUT2D eigenvalue weighted by Crippen LogP contribution is -2.47. The molecule has 2 amide bonds. The second kappa shape index (κ2) is 10.2. The molecule has 0 saturated carbocycles. The van der Waals surface area contributed by atoms with E-state index < -0.39 is 5.91 Å². The molecule has 3 rings (SSSR count). The minimum atomic E-state index is -0.571. The predicted octanol–water partition coefficient (Wildman–Crippen LogP) is 2.70. The summed E-state index contributed by atoms with van der Waals surface area (Å²) in [4.78, 5) is 28.0. The van der Waals surface area contributed by atoms with Crippen molar-refractivity contribution in [2.75, 3.05) is 26.2 Å². The van der Waals surface area contributed by atoms with Crippen LogP contribution in [0.15, 0.2) is 36.4 Å². The molecule has 0 bridgehead atoms. The third-order valence-electron chi connectivity index (χ3n) is 5.58. The van der Waals surface area contributed by atoms with E-state index in [-0.39, 0.29) is 5.91 Å². The van der Waals surface area contributed by atoms with Gasteiger partial charge in [-0.1, -0.05) is 30.7 Å². The van der Waals surface area contributed by atoms with Crippen LogP contribution >= 0.6 is 0 Å². The van der Waals surface area contributed by atoms with E-state index in [1.165, 1.54) is 38.4 Å². The van der Waals surface area contributed by atoms with E-state index in [0.29, 0.717) is 6.04 Å². The zero-order valence-electron chi connectivity index (χ0n) is 16.2. The number of benzene rings is 1. The number of hydroxylamine groups is 1. The maximum atomic E-state index is 12.5. The number of likely N-dealkylation sites (tertiary alicyclic amines) is 2. The van der Waals surface area contributed by atoms with Gasteiger partial charge in [-0.3, -0.25) is 14.8 Å². The zero-order chi connectivity index (χ0) is 19.8. The molecule has 6 heteroatoms. The first-order valence-electron chi connectivity index (χ1n) is 10.1. The topological polar surface area (TPSA) is 72.9 Å². The Morgan fingerprint density at radius 3 is 2.04 bits per heavy atom. The first-order valence-corrected chi connectivity index (χ1v) is 10.1. The van der Waals surface area contributed by atoms with Crippen LogP contribution < -0.4 is 5.48 Å². The van der Waals surface area contributed by atoms with E-state index in [9.17, 15) is 9.59 Å². The van der Waals surface area contributed by atoms with Crippen LogP contribution in [0, 0.1) is 0 Å². The quantitative estimate of drug-likeness (QED) is 0.466. The van der Waals surface area contributed by atoms with Crippen LogP contribution in [-0.2, 0) is 9.59 Å². The second-order valence-corrected chi connectivity index (χ2v) is 7.46. The van der Waals surface area contributed by atoms with Gasteiger partial charge in [-0.15, -0.1) is 0 Å². The number of carbonyl (C=O) groups excluding carboxylic acids is 2. The van der Waals surface area contributed by atoms with Crippen molar-refractivity contribution in [1.29, 1.82) is 0 Å². The molecule has 0 spiro atoms. The number of hydrogen-bond donors (Lipinski definition) is 2. The Morgan fingerprint density at radius 2 is 1.46 bits per heavy atom. The molecular formula is C22H29N3O3. The number of rotatable bonds is 5. The van der Waals surface area contributed by atoms with Crippen LogP contribution in [0.4, 0.5) is 0 Å². The van der Waals surface area contributed by atoms with Crippen LogP contribution in [0.25, 0.3) is 12.2 Å². The average molecular weight is 383 g/mol. The van der Waals surface area contributed by atoms with Gasteiger partial charge in [0.15, 0.2) is 0 Å². The summed E-state index contributed by atoms with van der Waals surface area (Å²) >= 11 is 0. The molecule has 2 aliphatic rings. The van der Waals surface area contributed by atoms with Gasteiger partial charge in [-0.2, -0.15) is 0 Å². The summed E-state index contributed by atoms with van der Waals surface area (Å²) < 4.78 is 0. The molecule has 0 radical (unpaired) electrons. The number of nitrogens with zero attached hydrogens (tertiary/aromatic N) is 2. The van der Waals surface area contributed by atoms with Gasteiger partial charge in [0.05, 0.1) is 0 Å². The monoisotopic (exact) mass is 383 g/mol. The van der Waals surface area contributed by atoms with Gasteiger partial charge in [0, 0.05) is 31.3 Å². The summed E-state index contributed by atoms with van der Waals surface area (Å²) in [6.45, 7) is 4.10. The minimum Gasteiger partial charge on any atom is -0.339 e. The van der Waals surface area contributed by atoms with Gasteiger partial charge in [0.25, 0.3) is 5.91 Å². The summed E-state index contributed by atoms with van der Waals surface area (Å²) in [6, 6.07) is 8.14. The fraction of sp³-hybridized carbons (Fsp3) is 0.455. The van der Waals surface area contributed by atoms with Crippen LogP contribution in [0.3, 0.4) is 0 Å². The number of amides is 2. The molecule has 2 N–H and O–H groups in total. The van der Waals surface area contributed by atoms with Crippen LogP contribution in [0.5, 0.6) is 0 Å². The maximum absolute atomic E-state index is 12.5. The van der Waals surface area contributed by atoms with E-state index in [1.54, 1.807) is 17.6 Å². The fourth-order valence-corrected chi connectivity index (χ4v) is 3.94. The smallest absolute Gasteiger partial charge is 0.267 e. The lowest BCUT2D eigenvalue weighted by Gasteiger charge is -2.40. The molecule has 0 aromatic heterocycles. The van der Waals surface area contributed by atoms with Crippen molar-refractivity contribution >= 4 is 24.0 Å². The van der Waals surface area contributed by atoms with Gasteiger partial charge in [0.2, 0.25) is 5.91 Å². The molecule has 0 unspecified atom stereocenters. The molecule has 1 aromatic carbocycles. The SMILES string of the molecule is O=C(C=Cc1ccc(C=CC(=O)N2CCC(N3CCCCC3)CC2)cc1)NO. The molecular weight excluding hydrogens is 354 g/mol. The Kier molecular flexibility index (Phi) is 7.39. The lowest BCUT2D eigenvalue weighted by molar-refractivity contribution is -0.127. The predicted molar refractivity (Wildman–Crippen MR) is 109 cm³/mol. The molecule has 150 valence electrons. The standard InChI is InChI=1S/C22H29N3O3/c26-21(23-28)10-8-18-4-6-19(7-5-18)9-11-22(27)25-16-12-20(13-17-25)24-14-2-1-3-15-24/h4-11,20,28H,1-3,12-17H2,(H,23,26). The molecule has 1 aromatic rings. The summed E-state index contributed by atoms with van der Waals surface area (Å²) in [7, 11) is 0. The normalized spacial score (nSPS) is 19.4. The van der Waals surface area contributed by atoms with Crippen molar-refractivity contribution in [3.63, 3.8) is 0 Å². The zero-order valence-corrected chi connectivity index (χ0v) is 16.2. The highest BCUT2D eigenvalue weighted by molar-refractivity contribution is 5.92. The van der Waals surface area contributed by atoms with Crippen molar-refractivity contribution in [2.45, 2.75) is 38.1 Å². The Bertz CT molecular complexity index is 713. The van der Waals surface area contributed by atoms with Crippen LogP contribution in [0.2, 0.25) is 0 Å². The average Bonchev–Trinajstić information content (AvgIpc) is 2.77. The summed E-state index contributed by atoms with van der Waals surface area (Å²) in [6.07, 6.45) is 12.4. The highest BCUT2D eigenvalue weighted by Gasteiger charge is 2.26. The first-order chi connectivity index (χ1) is 13.7. The summed E-state index contributed by atoms with van der Waals surface area (Å²) in [5, 5.41) is 8.47. The Hall–Kier alpha value is -2.44. The molecule has 6 nitrogen and oxygen atoms in total. The molecule has 28 heavy (non-hydrogen) atoms. The molecule has 2 fully saturated rings. The van der Waals surface area contributed by atoms with Crippen LogP contribution in [-0.4, -0.2) is 59.0 Å². The van der Waals surface area contributed by atoms with Crippen LogP contribution in [0.1, 0.15) is 43.2 Å². The van der Waals surface area contributed by atoms with Gasteiger partial charge in [0.1, 0.15) is 0 Å². The van der Waals surface area contributed by atoms with Crippen molar-refractivity contribution < 1.29 is 14.8 Å². The lowest BCUT2D eigenvalue weighted by atomic mass is 10.00. The van der Waals surface area contributed by atoms with Gasteiger partial charge in [-0.05, 0) is 62.1 Å². The molecule has 2 aliphatic heterocycles. The van der Waals surface area contributed by atoms with Crippen molar-refractivity contribution in [3.8, 4) is 0 Å². The molecule has 2 heterocycles. The summed E-state index contributed by atoms with van der Waals surface area (Å²) in [5.74, 6) is -0.501. The Labute approximate surface area is 166 Å². The van der Waals surface area contributed by atoms with Gasteiger partial charge in [-0.25, -0.2) is 5.48 Å². The largest absolute Gasteiger partial charge is 0.339 e. The number of piperidine rings is 2. The molecule has 0 atom stereocenters. The summed E-state index contributed by atoms with van der Waals surface area (Å²) in [5.41, 5.74) is 3.32. The second-order valence-electron chi connectivity index (χ2n) is 7.46. The van der Waals surface area contributed by atoms with E-state index in [0.717, 1.165) is 37.1 Å². The third-order valence-corrected chi connectivity index (χ3v) is 5.58. The van der Waals surface area contributed by atoms with Crippen molar-refractivity contribution in [3.05, 3.63) is 47.5 Å². The Morgan fingerprint density at radius 1 is 0.893 bits per heavy atom. The fourth-order valence-electron chi connectivity index (χ4n) is 3.94. The third kappa shape index (κ3) is 5.78.